The molecule has 0 aliphatic heterocycles. The molecule has 3 aromatic rings. The third-order valence-electron chi connectivity index (χ3n) is 6.27. The Morgan fingerprint density at radius 1 is 0.848 bits per heavy atom. The summed E-state index contributed by atoms with van der Waals surface area (Å²) in [6.07, 6.45) is 11.1. The number of nitrogens with zero attached hydrogens (tertiary/aromatic N) is 1. The average molecular weight is 442 g/mol. The van der Waals surface area contributed by atoms with Gasteiger partial charge in [0.05, 0.1) is 0 Å². The van der Waals surface area contributed by atoms with E-state index >= 15 is 0 Å². The van der Waals surface area contributed by atoms with Crippen LogP contribution in [-0.4, -0.2) is 16.7 Å². The molecule has 1 amide bonds. The Kier molecular flexibility index (Phi) is 7.85. The lowest BCUT2D eigenvalue weighted by Gasteiger charge is -2.21. The molecule has 33 heavy (non-hydrogen) atoms. The lowest BCUT2D eigenvalue weighted by molar-refractivity contribution is 0.0975. The molecular weight excluding hydrogens is 410 g/mol. The SMILES string of the molecule is O=C(CCCC1CCCCC1)c1cccc(Nc2ccc(C(=O)Nc3ccccn3)cc2)c1. The van der Waals surface area contributed by atoms with E-state index < -0.39 is 0 Å². The third kappa shape index (κ3) is 6.75. The van der Waals surface area contributed by atoms with E-state index in [0.29, 0.717) is 17.8 Å². The first kappa shape index (κ1) is 22.7. The summed E-state index contributed by atoms with van der Waals surface area (Å²) in [5, 5.41) is 6.10. The van der Waals surface area contributed by atoms with Crippen molar-refractivity contribution >= 4 is 28.9 Å². The lowest BCUT2D eigenvalue weighted by Crippen LogP contribution is -2.12. The van der Waals surface area contributed by atoms with E-state index in [1.807, 2.05) is 42.5 Å². The molecule has 4 rings (SSSR count). The molecule has 1 aliphatic rings. The van der Waals surface area contributed by atoms with Crippen LogP contribution >= 0.6 is 0 Å². The van der Waals surface area contributed by atoms with Gasteiger partial charge in [0.15, 0.2) is 5.78 Å². The van der Waals surface area contributed by atoms with E-state index in [0.717, 1.165) is 29.3 Å². The highest BCUT2D eigenvalue weighted by atomic mass is 16.1. The molecule has 2 aromatic carbocycles. The number of rotatable bonds is 9. The number of amides is 1. The Hall–Kier alpha value is -3.47. The Morgan fingerprint density at radius 2 is 1.67 bits per heavy atom. The standard InChI is InChI=1S/C28H31N3O2/c32-26(13-6-10-21-8-2-1-3-9-21)23-11-7-12-25(20-23)30-24-17-15-22(16-18-24)28(33)31-27-14-4-5-19-29-27/h4-5,7,11-12,14-21,30H,1-3,6,8-10,13H2,(H,29,31,33). The predicted octanol–water partition coefficient (Wildman–Crippen LogP) is 7.01. The Bertz CT molecular complexity index is 1060. The molecule has 5 heteroatoms. The van der Waals surface area contributed by atoms with Gasteiger partial charge in [0.1, 0.15) is 5.82 Å². The molecular formula is C28H31N3O2. The van der Waals surface area contributed by atoms with Gasteiger partial charge in [0.25, 0.3) is 5.91 Å². The Labute approximate surface area is 195 Å². The number of nitrogens with one attached hydrogen (secondary N) is 2. The van der Waals surface area contributed by atoms with Gasteiger partial charge in [-0.25, -0.2) is 4.98 Å². The first-order valence-corrected chi connectivity index (χ1v) is 11.9. The van der Waals surface area contributed by atoms with Crippen molar-refractivity contribution in [1.29, 1.82) is 0 Å². The van der Waals surface area contributed by atoms with Crippen LogP contribution in [0.4, 0.5) is 17.2 Å². The fraction of sp³-hybridized carbons (Fsp3) is 0.321. The van der Waals surface area contributed by atoms with Gasteiger partial charge in [-0.1, -0.05) is 56.7 Å². The van der Waals surface area contributed by atoms with Crippen molar-refractivity contribution in [3.63, 3.8) is 0 Å². The molecule has 1 heterocycles. The molecule has 1 fully saturated rings. The topological polar surface area (TPSA) is 71.1 Å². The van der Waals surface area contributed by atoms with Gasteiger partial charge in [-0.3, -0.25) is 9.59 Å². The number of benzene rings is 2. The van der Waals surface area contributed by atoms with Crippen molar-refractivity contribution < 1.29 is 9.59 Å². The minimum atomic E-state index is -0.207. The van der Waals surface area contributed by atoms with Crippen LogP contribution in [0.3, 0.4) is 0 Å². The summed E-state index contributed by atoms with van der Waals surface area (Å²) in [4.78, 5) is 29.2. The molecule has 2 N–H and O–H groups in total. The second-order valence-corrected chi connectivity index (χ2v) is 8.77. The molecule has 1 saturated carbocycles. The number of carbonyl (C=O) groups is 2. The largest absolute Gasteiger partial charge is 0.356 e. The van der Waals surface area contributed by atoms with E-state index in [2.05, 4.69) is 15.6 Å². The first-order chi connectivity index (χ1) is 16.2. The number of pyridine rings is 1. The first-order valence-electron chi connectivity index (χ1n) is 11.9. The summed E-state index contributed by atoms with van der Waals surface area (Å²) in [6, 6.07) is 20.3. The van der Waals surface area contributed by atoms with Crippen LogP contribution in [-0.2, 0) is 0 Å². The average Bonchev–Trinajstić information content (AvgIpc) is 2.86. The molecule has 0 saturated heterocycles. The molecule has 5 nitrogen and oxygen atoms in total. The zero-order valence-electron chi connectivity index (χ0n) is 18.9. The van der Waals surface area contributed by atoms with Crippen LogP contribution in [0, 0.1) is 5.92 Å². The van der Waals surface area contributed by atoms with Crippen molar-refractivity contribution in [1.82, 2.24) is 4.98 Å². The molecule has 0 radical (unpaired) electrons. The normalized spacial score (nSPS) is 13.9. The van der Waals surface area contributed by atoms with Gasteiger partial charge in [0, 0.05) is 35.1 Å². The van der Waals surface area contributed by atoms with Crippen molar-refractivity contribution in [2.45, 2.75) is 51.4 Å². The van der Waals surface area contributed by atoms with Crippen molar-refractivity contribution in [2.24, 2.45) is 5.92 Å². The summed E-state index contributed by atoms with van der Waals surface area (Å²) in [5.74, 6) is 1.33. The number of Topliss-reactive ketones (excluding diaryl/α,β-unsaturated/α-hetero) is 1. The Morgan fingerprint density at radius 3 is 2.42 bits per heavy atom. The van der Waals surface area contributed by atoms with Gasteiger partial charge in [-0.15, -0.1) is 0 Å². The maximum Gasteiger partial charge on any atom is 0.256 e. The number of aromatic nitrogens is 1. The fourth-order valence-electron chi connectivity index (χ4n) is 4.44. The van der Waals surface area contributed by atoms with Crippen LogP contribution in [0.1, 0.15) is 72.1 Å². The zero-order valence-corrected chi connectivity index (χ0v) is 18.9. The fourth-order valence-corrected chi connectivity index (χ4v) is 4.44. The van der Waals surface area contributed by atoms with Crippen LogP contribution in [0.15, 0.2) is 72.9 Å². The van der Waals surface area contributed by atoms with Gasteiger partial charge in [-0.05, 0) is 60.9 Å². The van der Waals surface area contributed by atoms with Crippen LogP contribution in [0.25, 0.3) is 0 Å². The Balaban J connectivity index is 1.30. The molecule has 0 bridgehead atoms. The van der Waals surface area contributed by atoms with Crippen molar-refractivity contribution in [3.8, 4) is 0 Å². The van der Waals surface area contributed by atoms with Gasteiger partial charge >= 0.3 is 0 Å². The molecule has 170 valence electrons. The number of hydrogen-bond acceptors (Lipinski definition) is 4. The molecule has 0 spiro atoms. The van der Waals surface area contributed by atoms with Crippen molar-refractivity contribution in [2.75, 3.05) is 10.6 Å². The summed E-state index contributed by atoms with van der Waals surface area (Å²) < 4.78 is 0. The molecule has 1 aliphatic carbocycles. The van der Waals surface area contributed by atoms with E-state index in [4.69, 9.17) is 0 Å². The highest BCUT2D eigenvalue weighted by Gasteiger charge is 2.14. The lowest BCUT2D eigenvalue weighted by atomic mass is 9.85. The highest BCUT2D eigenvalue weighted by Crippen LogP contribution is 2.28. The number of anilines is 3. The molecule has 0 atom stereocenters. The zero-order chi connectivity index (χ0) is 22.9. The van der Waals surface area contributed by atoms with Gasteiger partial charge in [-0.2, -0.15) is 0 Å². The number of carbonyl (C=O) groups excluding carboxylic acids is 2. The molecule has 0 unspecified atom stereocenters. The van der Waals surface area contributed by atoms with Crippen molar-refractivity contribution in [3.05, 3.63) is 84.1 Å². The van der Waals surface area contributed by atoms with E-state index in [-0.39, 0.29) is 11.7 Å². The summed E-state index contributed by atoms with van der Waals surface area (Å²) >= 11 is 0. The van der Waals surface area contributed by atoms with E-state index in [1.54, 1.807) is 30.5 Å². The predicted molar refractivity (Wildman–Crippen MR) is 133 cm³/mol. The minimum Gasteiger partial charge on any atom is -0.356 e. The van der Waals surface area contributed by atoms with E-state index in [9.17, 15) is 9.59 Å². The summed E-state index contributed by atoms with van der Waals surface area (Å²) in [7, 11) is 0. The highest BCUT2D eigenvalue weighted by molar-refractivity contribution is 6.04. The number of hydrogen-bond donors (Lipinski definition) is 2. The minimum absolute atomic E-state index is 0.205. The van der Waals surface area contributed by atoms with Crippen LogP contribution < -0.4 is 10.6 Å². The van der Waals surface area contributed by atoms with Crippen LogP contribution in [0.5, 0.6) is 0 Å². The second-order valence-electron chi connectivity index (χ2n) is 8.77. The van der Waals surface area contributed by atoms with Crippen LogP contribution in [0.2, 0.25) is 0 Å². The maximum absolute atomic E-state index is 12.7. The maximum atomic E-state index is 12.7. The smallest absolute Gasteiger partial charge is 0.256 e. The van der Waals surface area contributed by atoms with Gasteiger partial charge < -0.3 is 10.6 Å². The second kappa shape index (κ2) is 11.4. The quantitative estimate of drug-likeness (QED) is 0.350. The number of ketones is 1. The van der Waals surface area contributed by atoms with Gasteiger partial charge in [0.2, 0.25) is 0 Å². The molecule has 1 aromatic heterocycles. The van der Waals surface area contributed by atoms with E-state index in [1.165, 1.54) is 38.5 Å². The monoisotopic (exact) mass is 441 g/mol. The summed E-state index contributed by atoms with van der Waals surface area (Å²) in [6.45, 7) is 0. The summed E-state index contributed by atoms with van der Waals surface area (Å²) in [5.41, 5.74) is 3.01. The third-order valence-corrected chi connectivity index (χ3v) is 6.27.